The molecule has 0 fully saturated rings. The highest BCUT2D eigenvalue weighted by Crippen LogP contribution is 2.04. The molecule has 3 atom stereocenters. The second kappa shape index (κ2) is 18.0. The minimum atomic E-state index is -0.992. The van der Waals surface area contributed by atoms with E-state index in [4.69, 9.17) is 0 Å². The molecule has 154 valence electrons. The number of ether oxygens (including phenoxy) is 1. The molecule has 3 N–H and O–H groups in total. The largest absolute Gasteiger partial charge is 0.469 e. The van der Waals surface area contributed by atoms with E-state index in [1.165, 1.54) is 13.2 Å². The van der Waals surface area contributed by atoms with Gasteiger partial charge >= 0.3 is 5.97 Å². The number of methoxy groups -OCH3 is 1. The standard InChI is InChI=1S/C23H32O5/c1-3-4-10-15-20(24)16-11-7-5-6-8-12-17-21(25)22(26)18-13-9-14-19-23(27)28-2/h4,6,8-13,16-17,20-22,24-26H,3,14-15,18-19H2,1-2H3/b8-6+,10-4+,13-9+,16-11+,17-12+/t20-,21-,22+/m1/s1. The van der Waals surface area contributed by atoms with Crippen molar-refractivity contribution in [2.24, 2.45) is 0 Å². The number of esters is 1. The summed E-state index contributed by atoms with van der Waals surface area (Å²) < 4.78 is 4.53. The molecule has 5 nitrogen and oxygen atoms in total. The number of aliphatic hydroxyl groups is 3. The molecule has 0 aromatic rings. The van der Waals surface area contributed by atoms with E-state index in [-0.39, 0.29) is 12.4 Å². The normalized spacial score (nSPS) is 15.5. The Morgan fingerprint density at radius 3 is 2.39 bits per heavy atom. The van der Waals surface area contributed by atoms with Crippen LogP contribution in [0.5, 0.6) is 0 Å². The van der Waals surface area contributed by atoms with Crippen molar-refractivity contribution >= 4 is 5.97 Å². The third-order valence-electron chi connectivity index (χ3n) is 3.55. The number of carbonyl (C=O) groups is 1. The molecule has 0 heterocycles. The van der Waals surface area contributed by atoms with Crippen LogP contribution < -0.4 is 0 Å². The second-order valence-electron chi connectivity index (χ2n) is 5.95. The number of rotatable bonds is 12. The van der Waals surface area contributed by atoms with Crippen LogP contribution >= 0.6 is 0 Å². The molecule has 0 rings (SSSR count). The second-order valence-corrected chi connectivity index (χ2v) is 5.95. The van der Waals surface area contributed by atoms with Crippen LogP contribution in [0.1, 0.15) is 39.0 Å². The summed E-state index contributed by atoms with van der Waals surface area (Å²) in [6.07, 6.45) is 17.2. The van der Waals surface area contributed by atoms with Crippen molar-refractivity contribution in [3.8, 4) is 11.8 Å². The third-order valence-corrected chi connectivity index (χ3v) is 3.55. The average molecular weight is 389 g/mol. The van der Waals surface area contributed by atoms with E-state index in [1.54, 1.807) is 42.5 Å². The zero-order chi connectivity index (χ0) is 21.0. The van der Waals surface area contributed by atoms with Crippen molar-refractivity contribution in [3.63, 3.8) is 0 Å². The van der Waals surface area contributed by atoms with E-state index in [2.05, 4.69) is 16.6 Å². The van der Waals surface area contributed by atoms with Crippen LogP contribution in [0.4, 0.5) is 0 Å². The summed E-state index contributed by atoms with van der Waals surface area (Å²) in [6, 6.07) is 0. The predicted molar refractivity (Wildman–Crippen MR) is 112 cm³/mol. The van der Waals surface area contributed by atoms with Crippen LogP contribution in [0.25, 0.3) is 0 Å². The minimum Gasteiger partial charge on any atom is -0.469 e. The van der Waals surface area contributed by atoms with Crippen molar-refractivity contribution in [3.05, 3.63) is 60.8 Å². The number of carbonyl (C=O) groups excluding carboxylic acids is 1. The minimum absolute atomic E-state index is 0.279. The van der Waals surface area contributed by atoms with Gasteiger partial charge in [-0.25, -0.2) is 0 Å². The number of hydrogen-bond donors (Lipinski definition) is 3. The molecule has 0 bridgehead atoms. The van der Waals surface area contributed by atoms with Crippen LogP contribution in [0.2, 0.25) is 0 Å². The average Bonchev–Trinajstić information content (AvgIpc) is 2.69. The fourth-order valence-electron chi connectivity index (χ4n) is 1.94. The van der Waals surface area contributed by atoms with E-state index in [0.717, 1.165) is 6.42 Å². The summed E-state index contributed by atoms with van der Waals surface area (Å²) in [7, 11) is 1.34. The Bertz CT molecular complexity index is 617. The number of allylic oxidation sites excluding steroid dienone is 6. The Hall–Kier alpha value is -2.39. The SMILES string of the molecule is CC/C=C/C[C@@H](O)/C=C/C#C/C=C/C=C/[C@@H](O)[C@@H](O)C/C=C/CCC(=O)OC. The first kappa shape index (κ1) is 25.6. The van der Waals surface area contributed by atoms with Gasteiger partial charge in [0.15, 0.2) is 0 Å². The van der Waals surface area contributed by atoms with Gasteiger partial charge in [0, 0.05) is 6.42 Å². The fraction of sp³-hybridized carbons (Fsp3) is 0.435. The summed E-state index contributed by atoms with van der Waals surface area (Å²) in [4.78, 5) is 10.9. The van der Waals surface area contributed by atoms with Crippen LogP contribution in [-0.4, -0.2) is 46.7 Å². The topological polar surface area (TPSA) is 87.0 Å². The van der Waals surface area contributed by atoms with Crippen molar-refractivity contribution in [2.45, 2.75) is 57.3 Å². The molecule has 0 aliphatic rings. The van der Waals surface area contributed by atoms with E-state index in [1.807, 2.05) is 19.1 Å². The van der Waals surface area contributed by atoms with Gasteiger partial charge in [0.05, 0.1) is 25.4 Å². The smallest absolute Gasteiger partial charge is 0.305 e. The lowest BCUT2D eigenvalue weighted by molar-refractivity contribution is -0.140. The summed E-state index contributed by atoms with van der Waals surface area (Å²) in [5.41, 5.74) is 0. The molecule has 0 spiro atoms. The first-order valence-corrected chi connectivity index (χ1v) is 9.43. The quantitative estimate of drug-likeness (QED) is 0.207. The summed E-state index contributed by atoms with van der Waals surface area (Å²) in [5.74, 6) is 5.28. The van der Waals surface area contributed by atoms with Crippen LogP contribution in [0.3, 0.4) is 0 Å². The highest BCUT2D eigenvalue weighted by Gasteiger charge is 2.10. The lowest BCUT2D eigenvalue weighted by Crippen LogP contribution is -2.22. The summed E-state index contributed by atoms with van der Waals surface area (Å²) in [6.45, 7) is 2.04. The predicted octanol–water partition coefficient (Wildman–Crippen LogP) is 3.00. The Balaban J connectivity index is 4.11. The van der Waals surface area contributed by atoms with E-state index in [0.29, 0.717) is 19.3 Å². The zero-order valence-electron chi connectivity index (χ0n) is 16.7. The molecule has 0 unspecified atom stereocenters. The van der Waals surface area contributed by atoms with Gasteiger partial charge in [0.25, 0.3) is 0 Å². The van der Waals surface area contributed by atoms with Gasteiger partial charge in [0.2, 0.25) is 0 Å². The van der Waals surface area contributed by atoms with Gasteiger partial charge in [-0.05, 0) is 43.9 Å². The van der Waals surface area contributed by atoms with Gasteiger partial charge in [-0.15, -0.1) is 0 Å². The first-order chi connectivity index (χ1) is 13.5. The van der Waals surface area contributed by atoms with E-state index >= 15 is 0 Å². The Labute approximate surface area is 168 Å². The Morgan fingerprint density at radius 2 is 1.68 bits per heavy atom. The molecule has 0 radical (unpaired) electrons. The molecule has 0 amide bonds. The van der Waals surface area contributed by atoms with E-state index < -0.39 is 18.3 Å². The highest BCUT2D eigenvalue weighted by molar-refractivity contribution is 5.69. The maximum atomic E-state index is 10.9. The van der Waals surface area contributed by atoms with Gasteiger partial charge in [-0.3, -0.25) is 4.79 Å². The lowest BCUT2D eigenvalue weighted by atomic mass is 10.1. The van der Waals surface area contributed by atoms with Crippen molar-refractivity contribution in [1.82, 2.24) is 0 Å². The van der Waals surface area contributed by atoms with Gasteiger partial charge in [-0.1, -0.05) is 61.3 Å². The van der Waals surface area contributed by atoms with Crippen molar-refractivity contribution in [2.75, 3.05) is 7.11 Å². The molecular formula is C23H32O5. The highest BCUT2D eigenvalue weighted by atomic mass is 16.5. The molecule has 0 aliphatic heterocycles. The van der Waals surface area contributed by atoms with Crippen LogP contribution in [0, 0.1) is 11.8 Å². The molecule has 5 heteroatoms. The fourth-order valence-corrected chi connectivity index (χ4v) is 1.94. The molecule has 0 aromatic carbocycles. The Kier molecular flexibility index (Phi) is 16.5. The third kappa shape index (κ3) is 15.8. The van der Waals surface area contributed by atoms with Crippen LogP contribution in [0.15, 0.2) is 60.8 Å². The zero-order valence-corrected chi connectivity index (χ0v) is 16.7. The first-order valence-electron chi connectivity index (χ1n) is 9.43. The molecule has 0 aromatic heterocycles. The Morgan fingerprint density at radius 1 is 0.964 bits per heavy atom. The van der Waals surface area contributed by atoms with Gasteiger partial charge < -0.3 is 20.1 Å². The molecule has 28 heavy (non-hydrogen) atoms. The molecule has 0 saturated heterocycles. The molecule has 0 aliphatic carbocycles. The number of hydrogen-bond acceptors (Lipinski definition) is 5. The van der Waals surface area contributed by atoms with Crippen molar-refractivity contribution < 1.29 is 24.9 Å². The molecular weight excluding hydrogens is 356 g/mol. The maximum absolute atomic E-state index is 10.9. The van der Waals surface area contributed by atoms with Crippen molar-refractivity contribution in [1.29, 1.82) is 0 Å². The molecule has 0 saturated carbocycles. The number of aliphatic hydroxyl groups excluding tert-OH is 3. The van der Waals surface area contributed by atoms with Gasteiger partial charge in [-0.2, -0.15) is 0 Å². The van der Waals surface area contributed by atoms with Crippen LogP contribution in [-0.2, 0) is 9.53 Å². The summed E-state index contributed by atoms with van der Waals surface area (Å²) >= 11 is 0. The monoisotopic (exact) mass is 388 g/mol. The summed E-state index contributed by atoms with van der Waals surface area (Å²) in [5, 5.41) is 29.3. The maximum Gasteiger partial charge on any atom is 0.305 e. The lowest BCUT2D eigenvalue weighted by Gasteiger charge is -2.11. The van der Waals surface area contributed by atoms with E-state index in [9.17, 15) is 20.1 Å². The van der Waals surface area contributed by atoms with Gasteiger partial charge in [0.1, 0.15) is 0 Å².